The van der Waals surface area contributed by atoms with Crippen LogP contribution < -0.4 is 5.32 Å². The number of halogens is 1. The number of nitrogens with zero attached hydrogens (tertiary/aromatic N) is 3. The number of imidazole rings is 1. The highest BCUT2D eigenvalue weighted by molar-refractivity contribution is 6.30. The molecule has 2 heterocycles. The summed E-state index contributed by atoms with van der Waals surface area (Å²) >= 11 is 6.07. The number of oxazole rings is 1. The van der Waals surface area contributed by atoms with Crippen molar-refractivity contribution in [1.82, 2.24) is 14.5 Å². The normalized spacial score (nSPS) is 10.9. The third-order valence-corrected chi connectivity index (χ3v) is 5.88. The van der Waals surface area contributed by atoms with Crippen LogP contribution in [0.15, 0.2) is 83.5 Å². The van der Waals surface area contributed by atoms with Gasteiger partial charge < -0.3 is 14.5 Å². The Morgan fingerprint density at radius 3 is 2.53 bits per heavy atom. The fraction of sp³-hybridized carbons (Fsp3) is 0.111. The van der Waals surface area contributed by atoms with Crippen molar-refractivity contribution in [2.24, 2.45) is 0 Å². The SMILES string of the molecule is COC(=O)c1ccc(NC(=O)CCc2oc(-n3cnc4ccccc43)nc2-c2ccc(Cl)cc2)cc1. The first-order chi connectivity index (χ1) is 17.5. The van der Waals surface area contributed by atoms with E-state index >= 15 is 0 Å². The lowest BCUT2D eigenvalue weighted by atomic mass is 10.1. The van der Waals surface area contributed by atoms with Gasteiger partial charge in [0.05, 0.1) is 23.7 Å². The van der Waals surface area contributed by atoms with E-state index in [2.05, 4.69) is 10.3 Å². The van der Waals surface area contributed by atoms with Crippen molar-refractivity contribution in [3.8, 4) is 17.3 Å². The largest absolute Gasteiger partial charge is 0.465 e. The Labute approximate surface area is 211 Å². The molecule has 1 amide bonds. The van der Waals surface area contributed by atoms with Crippen LogP contribution in [-0.2, 0) is 16.0 Å². The van der Waals surface area contributed by atoms with Gasteiger partial charge in [0.1, 0.15) is 17.8 Å². The number of amides is 1. The molecule has 0 aliphatic rings. The first kappa shape index (κ1) is 23.3. The van der Waals surface area contributed by atoms with Gasteiger partial charge in [0, 0.05) is 29.1 Å². The van der Waals surface area contributed by atoms with Crippen LogP contribution in [0.3, 0.4) is 0 Å². The van der Waals surface area contributed by atoms with Crippen LogP contribution in [0, 0.1) is 0 Å². The van der Waals surface area contributed by atoms with E-state index in [1.165, 1.54) is 7.11 Å². The lowest BCUT2D eigenvalue weighted by Gasteiger charge is -2.06. The van der Waals surface area contributed by atoms with E-state index in [0.717, 1.165) is 16.6 Å². The van der Waals surface area contributed by atoms with Crippen LogP contribution in [0.1, 0.15) is 22.5 Å². The number of fused-ring (bicyclic) bond motifs is 1. The summed E-state index contributed by atoms with van der Waals surface area (Å²) in [6, 6.07) is 21.8. The minimum atomic E-state index is -0.436. The quantitative estimate of drug-likeness (QED) is 0.288. The number of aryl methyl sites for hydroxylation is 1. The number of hydrogen-bond donors (Lipinski definition) is 1. The van der Waals surface area contributed by atoms with E-state index in [-0.39, 0.29) is 12.3 Å². The number of nitrogens with one attached hydrogen (secondary N) is 1. The highest BCUT2D eigenvalue weighted by atomic mass is 35.5. The number of methoxy groups -OCH3 is 1. The minimum absolute atomic E-state index is 0.165. The summed E-state index contributed by atoms with van der Waals surface area (Å²) < 4.78 is 12.6. The molecule has 0 saturated carbocycles. The average Bonchev–Trinajstić information content (AvgIpc) is 3.52. The Morgan fingerprint density at radius 2 is 1.78 bits per heavy atom. The number of ether oxygens (including phenoxy) is 1. The number of hydrogen-bond acceptors (Lipinski definition) is 6. The van der Waals surface area contributed by atoms with Crippen molar-refractivity contribution in [2.75, 3.05) is 12.4 Å². The lowest BCUT2D eigenvalue weighted by Crippen LogP contribution is -2.12. The maximum atomic E-state index is 12.7. The summed E-state index contributed by atoms with van der Waals surface area (Å²) in [4.78, 5) is 33.4. The summed E-state index contributed by atoms with van der Waals surface area (Å²) in [5.41, 5.74) is 4.13. The van der Waals surface area contributed by atoms with Gasteiger partial charge in [0.15, 0.2) is 0 Å². The van der Waals surface area contributed by atoms with Gasteiger partial charge in [-0.1, -0.05) is 35.9 Å². The third-order valence-electron chi connectivity index (χ3n) is 5.63. The van der Waals surface area contributed by atoms with E-state index < -0.39 is 5.97 Å². The van der Waals surface area contributed by atoms with E-state index in [9.17, 15) is 9.59 Å². The molecule has 8 nitrogen and oxygen atoms in total. The van der Waals surface area contributed by atoms with Gasteiger partial charge in [-0.05, 0) is 48.5 Å². The standard InChI is InChI=1S/C27H21ClN4O4/c1-35-26(34)18-8-12-20(13-9-18)30-24(33)15-14-23-25(17-6-10-19(28)11-7-17)31-27(36-23)32-16-29-21-4-2-3-5-22(21)32/h2-13,16H,14-15H2,1H3,(H,30,33). The van der Waals surface area contributed by atoms with Crippen LogP contribution in [-0.4, -0.2) is 33.5 Å². The Balaban J connectivity index is 1.38. The molecular weight excluding hydrogens is 480 g/mol. The summed E-state index contributed by atoms with van der Waals surface area (Å²) in [5.74, 6) is -0.0652. The lowest BCUT2D eigenvalue weighted by molar-refractivity contribution is -0.116. The molecule has 0 bridgehead atoms. The second-order valence-electron chi connectivity index (χ2n) is 8.00. The third kappa shape index (κ3) is 4.85. The molecule has 36 heavy (non-hydrogen) atoms. The Hall–Kier alpha value is -4.43. The van der Waals surface area contributed by atoms with Crippen LogP contribution in [0.2, 0.25) is 5.02 Å². The smallest absolute Gasteiger partial charge is 0.337 e. The van der Waals surface area contributed by atoms with Gasteiger partial charge in [0.2, 0.25) is 5.91 Å². The second-order valence-corrected chi connectivity index (χ2v) is 8.43. The van der Waals surface area contributed by atoms with Gasteiger partial charge in [-0.2, -0.15) is 4.98 Å². The Bertz CT molecular complexity index is 1540. The predicted molar refractivity (Wildman–Crippen MR) is 136 cm³/mol. The van der Waals surface area contributed by atoms with Crippen LogP contribution >= 0.6 is 11.6 Å². The predicted octanol–water partition coefficient (Wildman–Crippen LogP) is 5.69. The molecule has 180 valence electrons. The van der Waals surface area contributed by atoms with Gasteiger partial charge in [-0.3, -0.25) is 9.36 Å². The molecule has 1 N–H and O–H groups in total. The van der Waals surface area contributed by atoms with Crippen molar-refractivity contribution >= 4 is 40.2 Å². The zero-order valence-electron chi connectivity index (χ0n) is 19.3. The van der Waals surface area contributed by atoms with Gasteiger partial charge in [-0.15, -0.1) is 0 Å². The number of anilines is 1. The number of esters is 1. The highest BCUT2D eigenvalue weighted by Gasteiger charge is 2.19. The first-order valence-corrected chi connectivity index (χ1v) is 11.6. The molecule has 0 aliphatic heterocycles. The maximum absolute atomic E-state index is 12.7. The Kier molecular flexibility index (Phi) is 6.51. The molecule has 9 heteroatoms. The number of benzene rings is 3. The van der Waals surface area contributed by atoms with Gasteiger partial charge in [-0.25, -0.2) is 9.78 Å². The zero-order valence-corrected chi connectivity index (χ0v) is 20.0. The molecule has 0 unspecified atom stereocenters. The van der Waals surface area contributed by atoms with Gasteiger partial charge in [0.25, 0.3) is 0 Å². The second kappa shape index (κ2) is 10.1. The van der Waals surface area contributed by atoms with Crippen LogP contribution in [0.25, 0.3) is 28.3 Å². The summed E-state index contributed by atoms with van der Waals surface area (Å²) in [6.45, 7) is 0. The van der Waals surface area contributed by atoms with Crippen LogP contribution in [0.4, 0.5) is 5.69 Å². The average molecular weight is 501 g/mol. The summed E-state index contributed by atoms with van der Waals surface area (Å²) in [6.07, 6.45) is 2.15. The monoisotopic (exact) mass is 500 g/mol. The topological polar surface area (TPSA) is 99.2 Å². The summed E-state index contributed by atoms with van der Waals surface area (Å²) in [5, 5.41) is 3.45. The highest BCUT2D eigenvalue weighted by Crippen LogP contribution is 2.29. The van der Waals surface area contributed by atoms with Crippen LogP contribution in [0.5, 0.6) is 0 Å². The molecule has 2 aromatic heterocycles. The van der Waals surface area contributed by atoms with Crippen molar-refractivity contribution in [3.63, 3.8) is 0 Å². The van der Waals surface area contributed by atoms with E-state index in [4.69, 9.17) is 25.7 Å². The zero-order chi connectivity index (χ0) is 25.1. The first-order valence-electron chi connectivity index (χ1n) is 11.2. The molecule has 0 spiro atoms. The Morgan fingerprint density at radius 1 is 1.03 bits per heavy atom. The number of para-hydroxylation sites is 2. The fourth-order valence-electron chi connectivity index (χ4n) is 3.81. The van der Waals surface area contributed by atoms with E-state index in [0.29, 0.717) is 40.2 Å². The molecule has 5 aromatic rings. The molecule has 5 rings (SSSR count). The number of rotatable bonds is 7. The molecular formula is C27H21ClN4O4. The molecule has 0 atom stereocenters. The summed E-state index contributed by atoms with van der Waals surface area (Å²) in [7, 11) is 1.32. The molecule has 3 aromatic carbocycles. The fourth-order valence-corrected chi connectivity index (χ4v) is 3.94. The maximum Gasteiger partial charge on any atom is 0.337 e. The number of carbonyl (C=O) groups excluding carboxylic acids is 2. The van der Waals surface area contributed by atoms with E-state index in [1.54, 1.807) is 47.3 Å². The van der Waals surface area contributed by atoms with Crippen molar-refractivity contribution < 1.29 is 18.7 Å². The number of aromatic nitrogens is 3. The molecule has 0 fully saturated rings. The minimum Gasteiger partial charge on any atom is -0.465 e. The molecule has 0 saturated heterocycles. The van der Waals surface area contributed by atoms with Crippen molar-refractivity contribution in [2.45, 2.75) is 12.8 Å². The number of carbonyl (C=O) groups is 2. The molecule has 0 radical (unpaired) electrons. The van der Waals surface area contributed by atoms with Crippen molar-refractivity contribution in [3.05, 3.63) is 95.5 Å². The van der Waals surface area contributed by atoms with Gasteiger partial charge >= 0.3 is 12.0 Å². The van der Waals surface area contributed by atoms with E-state index in [1.807, 2.05) is 36.4 Å². The molecule has 0 aliphatic carbocycles. The van der Waals surface area contributed by atoms with Crippen molar-refractivity contribution in [1.29, 1.82) is 0 Å².